The number of benzene rings is 1. The summed E-state index contributed by atoms with van der Waals surface area (Å²) in [6.07, 6.45) is 2.37. The molecule has 0 N–H and O–H groups in total. The number of hydrogen-bond donors (Lipinski definition) is 0. The average molecular weight is 274 g/mol. The van der Waals surface area contributed by atoms with E-state index >= 15 is 0 Å². The zero-order chi connectivity index (χ0) is 14.7. The van der Waals surface area contributed by atoms with Crippen molar-refractivity contribution in [1.82, 2.24) is 4.90 Å². The maximum absolute atomic E-state index is 10.8. The Morgan fingerprint density at radius 2 is 2.35 bits per heavy atom. The minimum atomic E-state index is -0.521. The lowest BCUT2D eigenvalue weighted by Gasteiger charge is -2.27. The van der Waals surface area contributed by atoms with E-state index in [0.717, 1.165) is 18.8 Å². The Bertz CT molecular complexity index is 553. The molecule has 1 aliphatic rings. The van der Waals surface area contributed by atoms with Crippen LogP contribution >= 0.6 is 0 Å². The molecular weight excluding hydrogens is 256 g/mol. The van der Waals surface area contributed by atoms with E-state index in [1.165, 1.54) is 18.9 Å². The van der Waals surface area contributed by atoms with E-state index in [0.29, 0.717) is 6.04 Å². The Balaban J connectivity index is 2.16. The van der Waals surface area contributed by atoms with Gasteiger partial charge in [-0.25, -0.2) is 0 Å². The molecule has 6 nitrogen and oxygen atoms in total. The summed E-state index contributed by atoms with van der Waals surface area (Å²) in [5.41, 5.74) is 0.814. The largest absolute Gasteiger partial charge is 0.373 e. The molecule has 0 amide bonds. The molecule has 1 aliphatic heterocycles. The molecule has 0 saturated carbocycles. The van der Waals surface area contributed by atoms with Crippen LogP contribution in [0.15, 0.2) is 18.2 Å². The number of likely N-dealkylation sites (tertiary alicyclic amines) is 1. The van der Waals surface area contributed by atoms with Crippen molar-refractivity contribution in [2.75, 3.05) is 32.1 Å². The molecule has 6 heteroatoms. The van der Waals surface area contributed by atoms with Crippen molar-refractivity contribution in [1.29, 1.82) is 5.26 Å². The third kappa shape index (κ3) is 2.89. The highest BCUT2D eigenvalue weighted by Crippen LogP contribution is 2.25. The molecule has 1 atom stereocenters. The van der Waals surface area contributed by atoms with Gasteiger partial charge in [0.2, 0.25) is 0 Å². The van der Waals surface area contributed by atoms with E-state index in [1.54, 1.807) is 12.1 Å². The van der Waals surface area contributed by atoms with Crippen molar-refractivity contribution in [3.8, 4) is 6.07 Å². The first kappa shape index (κ1) is 14.3. The Hall–Kier alpha value is -2.13. The van der Waals surface area contributed by atoms with Gasteiger partial charge in [-0.2, -0.15) is 5.26 Å². The lowest BCUT2D eigenvalue weighted by molar-refractivity contribution is -0.385. The molecular formula is C14H18N4O2. The number of likely N-dealkylation sites (N-methyl/N-ethyl adjacent to an activating group) is 2. The molecule has 1 aromatic rings. The minimum Gasteiger partial charge on any atom is -0.373 e. The summed E-state index contributed by atoms with van der Waals surface area (Å²) in [4.78, 5) is 14.7. The Morgan fingerprint density at radius 1 is 1.60 bits per heavy atom. The van der Waals surface area contributed by atoms with Gasteiger partial charge in [0.1, 0.15) is 11.6 Å². The summed E-state index contributed by atoms with van der Waals surface area (Å²) in [5.74, 6) is 0. The quantitative estimate of drug-likeness (QED) is 0.620. The summed E-state index contributed by atoms with van der Waals surface area (Å²) in [7, 11) is 4.07. The molecule has 1 saturated heterocycles. The number of nitro benzene ring substituents is 1. The molecule has 1 fully saturated rings. The van der Waals surface area contributed by atoms with Gasteiger partial charge in [-0.3, -0.25) is 10.1 Å². The molecule has 1 heterocycles. The summed E-state index contributed by atoms with van der Waals surface area (Å²) in [6.45, 7) is 1.97. The van der Waals surface area contributed by atoms with Crippen LogP contribution in [0.5, 0.6) is 0 Å². The predicted molar refractivity (Wildman–Crippen MR) is 76.7 cm³/mol. The number of hydrogen-bond acceptors (Lipinski definition) is 5. The summed E-state index contributed by atoms with van der Waals surface area (Å²) < 4.78 is 0. The van der Waals surface area contributed by atoms with Gasteiger partial charge < -0.3 is 9.80 Å². The molecule has 0 aliphatic carbocycles. The lowest BCUT2D eigenvalue weighted by atomic mass is 10.1. The van der Waals surface area contributed by atoms with Gasteiger partial charge in [-0.05, 0) is 38.6 Å². The fourth-order valence-corrected chi connectivity index (χ4v) is 2.64. The molecule has 20 heavy (non-hydrogen) atoms. The van der Waals surface area contributed by atoms with E-state index in [2.05, 4.69) is 16.8 Å². The zero-order valence-corrected chi connectivity index (χ0v) is 11.7. The number of nitrogens with zero attached hydrogens (tertiary/aromatic N) is 4. The summed E-state index contributed by atoms with van der Waals surface area (Å²) in [6, 6.07) is 7.09. The van der Waals surface area contributed by atoms with Gasteiger partial charge in [0.25, 0.3) is 5.69 Å². The van der Waals surface area contributed by atoms with Crippen LogP contribution in [0.3, 0.4) is 0 Å². The summed E-state index contributed by atoms with van der Waals surface area (Å²) in [5, 5.41) is 19.8. The van der Waals surface area contributed by atoms with Crippen LogP contribution in [-0.4, -0.2) is 43.0 Å². The van der Waals surface area contributed by atoms with Crippen molar-refractivity contribution in [2.24, 2.45) is 0 Å². The van der Waals surface area contributed by atoms with Crippen LogP contribution in [0.25, 0.3) is 0 Å². The number of anilines is 1. The highest BCUT2D eigenvalue weighted by Gasteiger charge is 2.23. The maximum atomic E-state index is 10.8. The van der Waals surface area contributed by atoms with Crippen molar-refractivity contribution < 1.29 is 4.92 Å². The van der Waals surface area contributed by atoms with Crippen LogP contribution in [0.2, 0.25) is 0 Å². The zero-order valence-electron chi connectivity index (χ0n) is 11.7. The lowest BCUT2D eigenvalue weighted by Crippen LogP contribution is -2.36. The molecule has 0 radical (unpaired) electrons. The van der Waals surface area contributed by atoms with E-state index in [9.17, 15) is 10.1 Å². The maximum Gasteiger partial charge on any atom is 0.287 e. The molecule has 2 rings (SSSR count). The van der Waals surface area contributed by atoms with Crippen molar-refractivity contribution >= 4 is 11.4 Å². The van der Waals surface area contributed by atoms with Gasteiger partial charge >= 0.3 is 0 Å². The Labute approximate surface area is 118 Å². The van der Waals surface area contributed by atoms with E-state index < -0.39 is 4.92 Å². The number of nitriles is 1. The highest BCUT2D eigenvalue weighted by atomic mass is 16.6. The fourth-order valence-electron chi connectivity index (χ4n) is 2.64. The van der Waals surface area contributed by atoms with Crippen LogP contribution in [-0.2, 0) is 0 Å². The fraction of sp³-hybridized carbons (Fsp3) is 0.500. The molecule has 0 bridgehead atoms. The van der Waals surface area contributed by atoms with E-state index in [-0.39, 0.29) is 11.3 Å². The van der Waals surface area contributed by atoms with Crippen LogP contribution < -0.4 is 4.90 Å². The second kappa shape index (κ2) is 5.88. The van der Waals surface area contributed by atoms with Gasteiger partial charge in [0.05, 0.1) is 4.92 Å². The average Bonchev–Trinajstić information content (AvgIpc) is 2.83. The summed E-state index contributed by atoms with van der Waals surface area (Å²) >= 11 is 0. The van der Waals surface area contributed by atoms with Crippen LogP contribution in [0.4, 0.5) is 11.4 Å². The van der Waals surface area contributed by atoms with E-state index in [1.807, 2.05) is 13.1 Å². The topological polar surface area (TPSA) is 73.4 Å². The first-order valence-electron chi connectivity index (χ1n) is 6.63. The second-order valence-electron chi connectivity index (χ2n) is 5.23. The van der Waals surface area contributed by atoms with Crippen LogP contribution in [0, 0.1) is 21.4 Å². The van der Waals surface area contributed by atoms with Crippen molar-refractivity contribution in [3.63, 3.8) is 0 Å². The first-order valence-corrected chi connectivity index (χ1v) is 6.63. The van der Waals surface area contributed by atoms with E-state index in [4.69, 9.17) is 5.26 Å². The third-order valence-electron chi connectivity index (χ3n) is 3.89. The van der Waals surface area contributed by atoms with Gasteiger partial charge in [-0.15, -0.1) is 0 Å². The Morgan fingerprint density at radius 3 is 2.90 bits per heavy atom. The van der Waals surface area contributed by atoms with Crippen molar-refractivity contribution in [2.45, 2.75) is 18.9 Å². The molecule has 106 valence electrons. The Kier molecular flexibility index (Phi) is 4.20. The smallest absolute Gasteiger partial charge is 0.287 e. The first-order chi connectivity index (χ1) is 9.52. The monoisotopic (exact) mass is 274 g/mol. The normalized spacial score (nSPS) is 18.8. The number of nitro groups is 1. The second-order valence-corrected chi connectivity index (χ2v) is 5.23. The minimum absolute atomic E-state index is 0.110. The van der Waals surface area contributed by atoms with Gasteiger partial charge in [0.15, 0.2) is 0 Å². The van der Waals surface area contributed by atoms with Gasteiger partial charge in [0, 0.05) is 31.4 Å². The highest BCUT2D eigenvalue weighted by molar-refractivity contribution is 5.59. The molecule has 1 unspecified atom stereocenters. The molecule has 1 aromatic carbocycles. The third-order valence-corrected chi connectivity index (χ3v) is 3.89. The van der Waals surface area contributed by atoms with Crippen molar-refractivity contribution in [3.05, 3.63) is 33.9 Å². The number of rotatable bonds is 4. The van der Waals surface area contributed by atoms with Gasteiger partial charge in [-0.1, -0.05) is 0 Å². The SMILES string of the molecule is CN(CC1CCCN1C)c1ccc([N+](=O)[O-])c(C#N)c1. The van der Waals surface area contributed by atoms with Crippen LogP contribution in [0.1, 0.15) is 18.4 Å². The standard InChI is InChI=1S/C14H18N4O2/c1-16-7-3-4-13(16)10-17(2)12-5-6-14(18(19)20)11(8-12)9-15/h5-6,8,13H,3-4,7,10H2,1-2H3. The molecule has 0 aromatic heterocycles. The predicted octanol–water partition coefficient (Wildman–Crippen LogP) is 2.00. The molecule has 0 spiro atoms.